The maximum Gasteiger partial charge on any atom is 0.399 e. The Morgan fingerprint density at radius 3 is 1.33 bits per heavy atom. The zero-order valence-electron chi connectivity index (χ0n) is 5.62. The molecule has 0 aliphatic carbocycles. The van der Waals surface area contributed by atoms with Crippen molar-refractivity contribution < 1.29 is 16.8 Å². The number of hydrogen-bond acceptors (Lipinski definition) is 5. The van der Waals surface area contributed by atoms with E-state index in [1.807, 2.05) is 0 Å². The van der Waals surface area contributed by atoms with Crippen molar-refractivity contribution in [3.63, 3.8) is 0 Å². The molecule has 0 bridgehead atoms. The summed E-state index contributed by atoms with van der Waals surface area (Å²) >= 11 is 0. The van der Waals surface area contributed by atoms with Crippen LogP contribution in [0.5, 0.6) is 0 Å². The van der Waals surface area contributed by atoms with Crippen LogP contribution in [0, 0.1) is 0 Å². The molecular weight excluding hydrogens is 146 g/mol. The van der Waals surface area contributed by atoms with E-state index in [4.69, 9.17) is 0 Å². The van der Waals surface area contributed by atoms with Crippen molar-refractivity contribution in [2.75, 3.05) is 21.3 Å². The summed E-state index contributed by atoms with van der Waals surface area (Å²) in [6, 6.07) is 0. The van der Waals surface area contributed by atoms with Crippen molar-refractivity contribution in [3.8, 4) is 0 Å². The fraction of sp³-hybridized carbons (Fsp3) is 1.00. The first kappa shape index (κ1) is 11.6. The Labute approximate surface area is 55.1 Å². The average molecular weight is 157 g/mol. The molecule has 0 amide bonds. The van der Waals surface area contributed by atoms with Gasteiger partial charge in [-0.3, -0.25) is 8.37 Å². The normalized spacial score (nSPS) is 9.78. The second-order valence-corrected chi connectivity index (χ2v) is 2.22. The highest BCUT2D eigenvalue weighted by Crippen LogP contribution is 1.85. The molecule has 0 saturated carbocycles. The van der Waals surface area contributed by atoms with Crippen LogP contribution < -0.4 is 5.73 Å². The van der Waals surface area contributed by atoms with Gasteiger partial charge in [-0.05, 0) is 7.05 Å². The Balaban J connectivity index is 0. The van der Waals surface area contributed by atoms with Crippen LogP contribution in [0.15, 0.2) is 0 Å². The van der Waals surface area contributed by atoms with E-state index in [0.717, 1.165) is 14.2 Å². The van der Waals surface area contributed by atoms with E-state index >= 15 is 0 Å². The monoisotopic (exact) mass is 157 g/mol. The van der Waals surface area contributed by atoms with E-state index in [1.165, 1.54) is 7.05 Å². The molecule has 0 spiro atoms. The van der Waals surface area contributed by atoms with Gasteiger partial charge in [-0.15, -0.1) is 0 Å². The maximum absolute atomic E-state index is 9.92. The Bertz CT molecular complexity index is 119. The molecule has 2 N–H and O–H groups in total. The second-order valence-electron chi connectivity index (χ2n) is 0.742. The molecule has 0 aliphatic heterocycles. The third-order valence-corrected chi connectivity index (χ3v) is 1.22. The van der Waals surface area contributed by atoms with Gasteiger partial charge in [-0.1, -0.05) is 0 Å². The zero-order valence-corrected chi connectivity index (χ0v) is 6.44. The second kappa shape index (κ2) is 5.96. The van der Waals surface area contributed by atoms with E-state index in [0.29, 0.717) is 0 Å². The van der Waals surface area contributed by atoms with Gasteiger partial charge in [-0.2, -0.15) is 8.42 Å². The summed E-state index contributed by atoms with van der Waals surface area (Å²) in [6.07, 6.45) is 0. The third kappa shape index (κ3) is 7.83. The zero-order chi connectivity index (χ0) is 7.91. The lowest BCUT2D eigenvalue weighted by Crippen LogP contribution is -2.02. The third-order valence-electron chi connectivity index (χ3n) is 0.408. The molecule has 9 heavy (non-hydrogen) atoms. The van der Waals surface area contributed by atoms with Crippen LogP contribution in [0.25, 0.3) is 0 Å². The van der Waals surface area contributed by atoms with Crippen molar-refractivity contribution in [2.45, 2.75) is 0 Å². The molecule has 5 nitrogen and oxygen atoms in total. The molecule has 0 atom stereocenters. The van der Waals surface area contributed by atoms with E-state index in [9.17, 15) is 8.42 Å². The number of rotatable bonds is 2. The lowest BCUT2D eigenvalue weighted by atomic mass is 11.6. The van der Waals surface area contributed by atoms with Crippen LogP contribution in [-0.2, 0) is 18.8 Å². The van der Waals surface area contributed by atoms with Crippen LogP contribution in [0.3, 0.4) is 0 Å². The van der Waals surface area contributed by atoms with Gasteiger partial charge in [0, 0.05) is 0 Å². The molecule has 0 aliphatic rings. The number of nitrogens with two attached hydrogens (primary N) is 1. The van der Waals surface area contributed by atoms with Crippen molar-refractivity contribution in [2.24, 2.45) is 5.73 Å². The smallest absolute Gasteiger partial charge is 0.333 e. The summed E-state index contributed by atoms with van der Waals surface area (Å²) in [5, 5.41) is 0. The Hall–Kier alpha value is -0.170. The molecule has 0 saturated heterocycles. The van der Waals surface area contributed by atoms with Gasteiger partial charge in [0.25, 0.3) is 0 Å². The van der Waals surface area contributed by atoms with Gasteiger partial charge in [0.05, 0.1) is 14.2 Å². The minimum absolute atomic E-state index is 1.03. The predicted octanol–water partition coefficient (Wildman–Crippen LogP) is -0.901. The summed E-state index contributed by atoms with van der Waals surface area (Å²) in [7, 11) is -0.104. The number of hydrogen-bond donors (Lipinski definition) is 1. The predicted molar refractivity (Wildman–Crippen MR) is 33.0 cm³/mol. The van der Waals surface area contributed by atoms with Crippen molar-refractivity contribution in [3.05, 3.63) is 0 Å². The lowest BCUT2D eigenvalue weighted by Gasteiger charge is -1.91. The Morgan fingerprint density at radius 2 is 1.33 bits per heavy atom. The molecule has 6 heteroatoms. The molecular formula is C3H11NO4S. The van der Waals surface area contributed by atoms with Crippen molar-refractivity contribution in [1.82, 2.24) is 0 Å². The fourth-order valence-electron chi connectivity index (χ4n) is 0.0680. The minimum Gasteiger partial charge on any atom is -0.333 e. The summed E-state index contributed by atoms with van der Waals surface area (Å²) in [4.78, 5) is 0. The highest BCUT2D eigenvalue weighted by Gasteiger charge is 2.01. The van der Waals surface area contributed by atoms with Crippen molar-refractivity contribution in [1.29, 1.82) is 0 Å². The minimum atomic E-state index is -3.66. The van der Waals surface area contributed by atoms with Gasteiger partial charge in [0.15, 0.2) is 0 Å². The first-order valence-electron chi connectivity index (χ1n) is 2.06. The van der Waals surface area contributed by atoms with Gasteiger partial charge in [0.2, 0.25) is 0 Å². The largest absolute Gasteiger partial charge is 0.399 e. The van der Waals surface area contributed by atoms with Crippen LogP contribution in [-0.4, -0.2) is 29.7 Å². The van der Waals surface area contributed by atoms with E-state index in [2.05, 4.69) is 14.1 Å². The van der Waals surface area contributed by atoms with Gasteiger partial charge >= 0.3 is 10.4 Å². The molecule has 0 aromatic rings. The molecule has 58 valence electrons. The van der Waals surface area contributed by atoms with Gasteiger partial charge < -0.3 is 5.73 Å². The summed E-state index contributed by atoms with van der Waals surface area (Å²) in [6.45, 7) is 0. The Kier molecular flexibility index (Phi) is 7.68. The van der Waals surface area contributed by atoms with Crippen LogP contribution in [0.2, 0.25) is 0 Å². The standard InChI is InChI=1S/C2H6O4S.CH5N/c1-5-7(3,4)6-2;1-2/h1-2H3;2H2,1H3. The summed E-state index contributed by atoms with van der Waals surface area (Å²) in [5.41, 5.74) is 4.50. The van der Waals surface area contributed by atoms with Gasteiger partial charge in [0.1, 0.15) is 0 Å². The first-order valence-corrected chi connectivity index (χ1v) is 3.39. The van der Waals surface area contributed by atoms with E-state index < -0.39 is 10.4 Å². The summed E-state index contributed by atoms with van der Waals surface area (Å²) in [5.74, 6) is 0. The van der Waals surface area contributed by atoms with Crippen LogP contribution in [0.4, 0.5) is 0 Å². The SMILES string of the molecule is CN.COS(=O)(=O)OC. The molecule has 0 aromatic carbocycles. The average Bonchev–Trinajstić information content (AvgIpc) is 1.93. The Morgan fingerprint density at radius 1 is 1.11 bits per heavy atom. The van der Waals surface area contributed by atoms with Crippen LogP contribution in [0.1, 0.15) is 0 Å². The maximum atomic E-state index is 9.92. The van der Waals surface area contributed by atoms with Crippen molar-refractivity contribution >= 4 is 10.4 Å². The molecule has 0 unspecified atom stereocenters. The summed E-state index contributed by atoms with van der Waals surface area (Å²) < 4.78 is 27.5. The quantitative estimate of drug-likeness (QED) is 0.562. The fourth-order valence-corrected chi connectivity index (χ4v) is 0.204. The topological polar surface area (TPSA) is 78.6 Å². The van der Waals surface area contributed by atoms with Gasteiger partial charge in [-0.25, -0.2) is 0 Å². The molecule has 0 heterocycles. The van der Waals surface area contributed by atoms with Crippen LogP contribution >= 0.6 is 0 Å². The molecule has 0 radical (unpaired) electrons. The van der Waals surface area contributed by atoms with E-state index in [1.54, 1.807) is 0 Å². The molecule has 0 fully saturated rings. The highest BCUT2D eigenvalue weighted by molar-refractivity contribution is 7.81. The molecule has 0 rings (SSSR count). The molecule has 0 aromatic heterocycles. The highest BCUT2D eigenvalue weighted by atomic mass is 32.3. The van der Waals surface area contributed by atoms with E-state index in [-0.39, 0.29) is 0 Å². The first-order chi connectivity index (χ1) is 4.12. The lowest BCUT2D eigenvalue weighted by molar-refractivity contribution is 0.286.